The number of piperidine rings is 1. The average Bonchev–Trinajstić information content (AvgIpc) is 2.82. The lowest BCUT2D eigenvalue weighted by molar-refractivity contribution is -0.00332. The molecule has 0 bridgehead atoms. The minimum Gasteiger partial charge on any atom is -0.598 e. The maximum atomic E-state index is 13.1. The van der Waals surface area contributed by atoms with E-state index in [1.54, 1.807) is 4.90 Å². The molecule has 29 heavy (non-hydrogen) atoms. The van der Waals surface area contributed by atoms with Crippen molar-refractivity contribution in [3.05, 3.63) is 29.6 Å². The monoisotopic (exact) mass is 421 g/mol. The maximum absolute atomic E-state index is 13.1. The van der Waals surface area contributed by atoms with Crippen LogP contribution >= 0.6 is 0 Å². The fourth-order valence-corrected chi connectivity index (χ4v) is 5.44. The number of nitrogens with zero attached hydrogens (tertiary/aromatic N) is 2. The van der Waals surface area contributed by atoms with E-state index in [0.29, 0.717) is 13.1 Å². The van der Waals surface area contributed by atoms with Crippen molar-refractivity contribution in [2.45, 2.75) is 83.6 Å². The van der Waals surface area contributed by atoms with E-state index in [1.807, 2.05) is 53.8 Å². The third kappa shape index (κ3) is 4.28. The summed E-state index contributed by atoms with van der Waals surface area (Å²) in [6.07, 6.45) is 4.03. The van der Waals surface area contributed by atoms with Gasteiger partial charge in [-0.15, -0.1) is 4.72 Å². The van der Waals surface area contributed by atoms with Crippen LogP contribution < -0.4 is 4.72 Å². The van der Waals surface area contributed by atoms with Crippen molar-refractivity contribution in [2.24, 2.45) is 5.41 Å². The van der Waals surface area contributed by atoms with Crippen LogP contribution in [0.3, 0.4) is 0 Å². The minimum atomic E-state index is -1.22. The van der Waals surface area contributed by atoms with E-state index >= 15 is 0 Å². The molecule has 0 aromatic carbocycles. The second kappa shape index (κ2) is 7.43. The van der Waals surface area contributed by atoms with Gasteiger partial charge in [0.05, 0.1) is 5.54 Å². The fraction of sp³-hybridized carbons (Fsp3) is 0.727. The summed E-state index contributed by atoms with van der Waals surface area (Å²) in [5.41, 5.74) is 1.10. The summed E-state index contributed by atoms with van der Waals surface area (Å²) in [5, 5.41) is 0. The number of amides is 1. The Morgan fingerprint density at radius 1 is 1.24 bits per heavy atom. The smallest absolute Gasteiger partial charge is 0.410 e. The van der Waals surface area contributed by atoms with Crippen molar-refractivity contribution in [2.75, 3.05) is 13.1 Å². The van der Waals surface area contributed by atoms with Gasteiger partial charge in [0.1, 0.15) is 10.3 Å². The van der Waals surface area contributed by atoms with Gasteiger partial charge in [0.15, 0.2) is 0 Å². The fourth-order valence-electron chi connectivity index (χ4n) is 4.44. The summed E-state index contributed by atoms with van der Waals surface area (Å²) in [6.45, 7) is 15.0. The lowest BCUT2D eigenvalue weighted by Gasteiger charge is -2.49. The molecule has 0 saturated carbocycles. The van der Waals surface area contributed by atoms with Gasteiger partial charge in [0, 0.05) is 41.8 Å². The molecule has 2 heterocycles. The lowest BCUT2D eigenvalue weighted by atomic mass is 9.65. The molecule has 6 nitrogen and oxygen atoms in total. The number of rotatable bonds is 2. The van der Waals surface area contributed by atoms with Gasteiger partial charge >= 0.3 is 6.09 Å². The van der Waals surface area contributed by atoms with Crippen LogP contribution in [0.15, 0.2) is 18.3 Å². The molecule has 1 fully saturated rings. The molecule has 1 spiro atoms. The number of nitrogens with one attached hydrogen (secondary N) is 1. The van der Waals surface area contributed by atoms with Gasteiger partial charge in [0.25, 0.3) is 0 Å². The molecular weight excluding hydrogens is 386 g/mol. The van der Waals surface area contributed by atoms with Crippen LogP contribution in [0.4, 0.5) is 4.79 Å². The van der Waals surface area contributed by atoms with Crippen LogP contribution in [0.2, 0.25) is 0 Å². The minimum absolute atomic E-state index is 0.136. The Bertz CT molecular complexity index is 763. The van der Waals surface area contributed by atoms with Crippen molar-refractivity contribution < 1.29 is 14.1 Å². The standard InChI is InChI=1S/C22H35N3O3S/c1-19(2,3)28-18(26)25-13-10-22(11-14-25)15-17-16(9-8-12-23-17)21(22,7)24-29(27)20(4,5)6/h8-9,12,24H,10-11,13-15H2,1-7H3/t21-,29+/m1/s1. The third-order valence-corrected chi connectivity index (χ3v) is 7.93. The van der Waals surface area contributed by atoms with E-state index in [9.17, 15) is 9.35 Å². The molecule has 162 valence electrons. The number of carbonyl (C=O) groups is 1. The van der Waals surface area contributed by atoms with E-state index in [-0.39, 0.29) is 16.3 Å². The summed E-state index contributed by atoms with van der Waals surface area (Å²) >= 11 is -1.22. The van der Waals surface area contributed by atoms with Gasteiger partial charge in [-0.25, -0.2) is 4.79 Å². The van der Waals surface area contributed by atoms with Crippen LogP contribution in [0.1, 0.15) is 72.6 Å². The van der Waals surface area contributed by atoms with Crippen molar-refractivity contribution in [3.8, 4) is 0 Å². The second-order valence-electron chi connectivity index (χ2n) is 10.5. The molecule has 1 aromatic heterocycles. The molecule has 7 heteroatoms. The molecule has 1 amide bonds. The molecule has 2 aliphatic rings. The Labute approximate surface area is 178 Å². The molecule has 1 aromatic rings. The van der Waals surface area contributed by atoms with Crippen molar-refractivity contribution in [3.63, 3.8) is 0 Å². The Hall–Kier alpha value is -1.31. The number of hydrogen-bond acceptors (Lipinski definition) is 5. The van der Waals surface area contributed by atoms with Gasteiger partial charge in [-0.3, -0.25) is 4.98 Å². The third-order valence-electron chi connectivity index (χ3n) is 6.22. The van der Waals surface area contributed by atoms with E-state index in [1.165, 1.54) is 0 Å². The Kier molecular flexibility index (Phi) is 5.73. The summed E-state index contributed by atoms with van der Waals surface area (Å²) in [7, 11) is 0. The number of fused-ring (bicyclic) bond motifs is 1. The summed E-state index contributed by atoms with van der Waals surface area (Å²) in [6, 6.07) is 4.05. The highest BCUT2D eigenvalue weighted by Crippen LogP contribution is 2.55. The highest BCUT2D eigenvalue weighted by Gasteiger charge is 2.59. The predicted molar refractivity (Wildman–Crippen MR) is 116 cm³/mol. The van der Waals surface area contributed by atoms with E-state index in [0.717, 1.165) is 30.5 Å². The molecule has 0 radical (unpaired) electrons. The number of pyridine rings is 1. The van der Waals surface area contributed by atoms with Crippen molar-refractivity contribution in [1.82, 2.24) is 14.6 Å². The molecule has 1 N–H and O–H groups in total. The van der Waals surface area contributed by atoms with E-state index < -0.39 is 22.5 Å². The summed E-state index contributed by atoms with van der Waals surface area (Å²) in [5.74, 6) is 0. The van der Waals surface area contributed by atoms with Gasteiger partial charge in [-0.2, -0.15) is 0 Å². The number of likely N-dealkylation sites (tertiary alicyclic amines) is 1. The van der Waals surface area contributed by atoms with Gasteiger partial charge in [-0.1, -0.05) is 6.07 Å². The number of hydrogen-bond donors (Lipinski definition) is 1. The summed E-state index contributed by atoms with van der Waals surface area (Å²) in [4.78, 5) is 19.0. The Morgan fingerprint density at radius 3 is 2.41 bits per heavy atom. The molecular formula is C22H35N3O3S. The predicted octanol–water partition coefficient (Wildman–Crippen LogP) is 3.92. The lowest BCUT2D eigenvalue weighted by Crippen LogP contribution is -2.60. The molecule has 1 saturated heterocycles. The average molecular weight is 422 g/mol. The zero-order valence-electron chi connectivity index (χ0n) is 18.8. The first kappa shape index (κ1) is 22.4. The first-order valence-electron chi connectivity index (χ1n) is 10.4. The van der Waals surface area contributed by atoms with Gasteiger partial charge in [0.2, 0.25) is 0 Å². The van der Waals surface area contributed by atoms with Crippen molar-refractivity contribution in [1.29, 1.82) is 0 Å². The quantitative estimate of drug-likeness (QED) is 0.732. The molecule has 2 atom stereocenters. The zero-order chi connectivity index (χ0) is 21.7. The SMILES string of the molecule is CC(C)(C)OC(=O)N1CCC2(CC1)Cc1ncccc1[C@@]2(C)N[S@@+]([O-])C(C)(C)C. The van der Waals surface area contributed by atoms with Crippen LogP contribution in [0, 0.1) is 5.41 Å². The molecule has 1 aliphatic carbocycles. The summed E-state index contributed by atoms with van der Waals surface area (Å²) < 4.78 is 21.8. The number of carbonyl (C=O) groups excluding carboxylic acids is 1. The number of ether oxygens (including phenoxy) is 1. The number of aromatic nitrogens is 1. The maximum Gasteiger partial charge on any atom is 0.410 e. The van der Waals surface area contributed by atoms with Gasteiger partial charge < -0.3 is 14.2 Å². The van der Waals surface area contributed by atoms with Crippen LogP contribution in [0.5, 0.6) is 0 Å². The first-order valence-corrected chi connectivity index (χ1v) is 11.5. The molecule has 1 aliphatic heterocycles. The van der Waals surface area contributed by atoms with Crippen LogP contribution in [0.25, 0.3) is 0 Å². The van der Waals surface area contributed by atoms with E-state index in [2.05, 4.69) is 22.7 Å². The van der Waals surface area contributed by atoms with Crippen molar-refractivity contribution >= 4 is 17.5 Å². The largest absolute Gasteiger partial charge is 0.598 e. The Balaban J connectivity index is 1.86. The van der Waals surface area contributed by atoms with Crippen LogP contribution in [-0.2, 0) is 28.1 Å². The van der Waals surface area contributed by atoms with E-state index in [4.69, 9.17) is 4.74 Å². The topological polar surface area (TPSA) is 77.5 Å². The van der Waals surface area contributed by atoms with Crippen LogP contribution in [-0.4, -0.2) is 44.0 Å². The first-order chi connectivity index (χ1) is 13.3. The van der Waals surface area contributed by atoms with Gasteiger partial charge in [-0.05, 0) is 79.4 Å². The highest BCUT2D eigenvalue weighted by molar-refractivity contribution is 7.90. The normalized spacial score (nSPS) is 25.0. The molecule has 0 unspecified atom stereocenters. The Morgan fingerprint density at radius 2 is 1.86 bits per heavy atom. The molecule has 3 rings (SSSR count). The second-order valence-corrected chi connectivity index (χ2v) is 12.5. The highest BCUT2D eigenvalue weighted by atomic mass is 32.2. The zero-order valence-corrected chi connectivity index (χ0v) is 19.6.